The topological polar surface area (TPSA) is 75.0 Å². The second kappa shape index (κ2) is 8.65. The Labute approximate surface area is 194 Å². The van der Waals surface area contributed by atoms with Crippen molar-refractivity contribution >= 4 is 5.91 Å². The van der Waals surface area contributed by atoms with E-state index in [1.165, 1.54) is 5.56 Å². The smallest absolute Gasteiger partial charge is 0.274 e. The summed E-state index contributed by atoms with van der Waals surface area (Å²) >= 11 is 0. The number of morpholine rings is 1. The summed E-state index contributed by atoms with van der Waals surface area (Å²) in [5, 5.41) is 0. The van der Waals surface area contributed by atoms with Crippen molar-refractivity contribution in [1.29, 1.82) is 0 Å². The molecule has 1 aromatic carbocycles. The summed E-state index contributed by atoms with van der Waals surface area (Å²) in [7, 11) is 1.70. The minimum Gasteiger partial charge on any atom is -0.486 e. The molecule has 2 aromatic rings. The van der Waals surface area contributed by atoms with E-state index >= 15 is 0 Å². The third-order valence-electron chi connectivity index (χ3n) is 6.70. The Kier molecular flexibility index (Phi) is 5.82. The quantitative estimate of drug-likeness (QED) is 0.646. The Balaban J connectivity index is 1.59. The fourth-order valence-electron chi connectivity index (χ4n) is 5.01. The third-order valence-corrected chi connectivity index (χ3v) is 6.70. The fourth-order valence-corrected chi connectivity index (χ4v) is 5.01. The number of carbonyl (C=O) groups excluding carboxylic acids is 1. The van der Waals surface area contributed by atoms with Crippen molar-refractivity contribution < 1.29 is 23.7 Å². The summed E-state index contributed by atoms with van der Waals surface area (Å²) in [6.07, 6.45) is 3.15. The lowest BCUT2D eigenvalue weighted by Gasteiger charge is -2.41. The van der Waals surface area contributed by atoms with Crippen molar-refractivity contribution in [2.45, 2.75) is 58.1 Å². The molecule has 1 unspecified atom stereocenters. The van der Waals surface area contributed by atoms with E-state index < -0.39 is 0 Å². The van der Waals surface area contributed by atoms with Crippen LogP contribution < -0.4 is 9.47 Å². The van der Waals surface area contributed by atoms with Crippen molar-refractivity contribution in [1.82, 2.24) is 14.5 Å². The molecule has 0 aliphatic carbocycles. The van der Waals surface area contributed by atoms with Gasteiger partial charge in [-0.2, -0.15) is 0 Å². The molecule has 0 spiro atoms. The number of methoxy groups -OCH3 is 1. The normalized spacial score (nSPS) is 20.8. The first-order valence-corrected chi connectivity index (χ1v) is 11.8. The van der Waals surface area contributed by atoms with Crippen molar-refractivity contribution in [3.05, 3.63) is 34.9 Å². The molecule has 0 radical (unpaired) electrons. The second-order valence-corrected chi connectivity index (χ2v) is 9.74. The summed E-state index contributed by atoms with van der Waals surface area (Å²) in [6, 6.07) is 4.14. The predicted octanol–water partition coefficient (Wildman–Crippen LogP) is 2.96. The number of carbonyl (C=O) groups is 1. The van der Waals surface area contributed by atoms with Gasteiger partial charge in [0.05, 0.1) is 30.1 Å². The molecule has 3 aliphatic rings. The summed E-state index contributed by atoms with van der Waals surface area (Å²) in [4.78, 5) is 20.6. The average molecular weight is 456 g/mol. The molecule has 0 N–H and O–H groups in total. The Bertz CT molecular complexity index is 1060. The van der Waals surface area contributed by atoms with Crippen LogP contribution in [0.5, 0.6) is 11.5 Å². The lowest BCUT2D eigenvalue weighted by atomic mass is 9.98. The van der Waals surface area contributed by atoms with E-state index in [2.05, 4.69) is 16.7 Å². The largest absolute Gasteiger partial charge is 0.486 e. The molecule has 178 valence electrons. The van der Waals surface area contributed by atoms with Crippen LogP contribution in [0.4, 0.5) is 0 Å². The summed E-state index contributed by atoms with van der Waals surface area (Å²) in [5.74, 6) is 2.42. The summed E-state index contributed by atoms with van der Waals surface area (Å²) < 4.78 is 25.1. The number of imidazole rings is 1. The van der Waals surface area contributed by atoms with Gasteiger partial charge in [-0.1, -0.05) is 0 Å². The molecular formula is C25H33N3O5. The maximum atomic E-state index is 13.7. The standard InChI is InChI=1S/C25H33N3O5/c1-16-14-32-20-12-17-7-8-18-23(24(29)27-9-11-31-15-25(27,2)3)26-22(6-5-10-30-4)28(18)19(17)13-21(20)33-16/h12-13,16H,5-11,14-15H2,1-4H3. The number of benzene rings is 1. The van der Waals surface area contributed by atoms with E-state index in [4.69, 9.17) is 23.9 Å². The van der Waals surface area contributed by atoms with Gasteiger partial charge in [0, 0.05) is 32.7 Å². The first-order chi connectivity index (χ1) is 15.9. The maximum Gasteiger partial charge on any atom is 0.274 e. The number of amides is 1. The van der Waals surface area contributed by atoms with Crippen molar-refractivity contribution in [2.75, 3.05) is 40.1 Å². The number of hydrogen-bond donors (Lipinski definition) is 0. The number of aryl methyl sites for hydroxylation is 2. The molecule has 33 heavy (non-hydrogen) atoms. The monoisotopic (exact) mass is 455 g/mol. The van der Waals surface area contributed by atoms with Gasteiger partial charge in [0.15, 0.2) is 11.5 Å². The second-order valence-electron chi connectivity index (χ2n) is 9.74. The van der Waals surface area contributed by atoms with Crippen LogP contribution in [-0.4, -0.2) is 72.1 Å². The minimum atomic E-state index is -0.366. The van der Waals surface area contributed by atoms with Gasteiger partial charge >= 0.3 is 0 Å². The molecule has 0 saturated carbocycles. The van der Waals surface area contributed by atoms with Gasteiger partial charge in [-0.15, -0.1) is 0 Å². The first-order valence-electron chi connectivity index (χ1n) is 11.8. The molecule has 8 heteroatoms. The van der Waals surface area contributed by atoms with Gasteiger partial charge in [0.25, 0.3) is 5.91 Å². The van der Waals surface area contributed by atoms with E-state index in [1.54, 1.807) is 7.11 Å². The Morgan fingerprint density at radius 1 is 1.27 bits per heavy atom. The molecule has 4 heterocycles. The van der Waals surface area contributed by atoms with Gasteiger partial charge in [0.1, 0.15) is 24.2 Å². The van der Waals surface area contributed by atoms with E-state index in [1.807, 2.05) is 25.7 Å². The predicted molar refractivity (Wildman–Crippen MR) is 123 cm³/mol. The van der Waals surface area contributed by atoms with Gasteiger partial charge in [0.2, 0.25) is 0 Å². The molecule has 1 atom stereocenters. The minimum absolute atomic E-state index is 0.00302. The first kappa shape index (κ1) is 22.2. The number of aromatic nitrogens is 2. The highest BCUT2D eigenvalue weighted by Crippen LogP contribution is 2.40. The number of rotatable bonds is 5. The van der Waals surface area contributed by atoms with Crippen molar-refractivity contribution in [3.63, 3.8) is 0 Å². The number of nitrogens with zero attached hydrogens (tertiary/aromatic N) is 3. The molecule has 1 amide bonds. The van der Waals surface area contributed by atoms with Crippen LogP contribution >= 0.6 is 0 Å². The molecule has 8 nitrogen and oxygen atoms in total. The lowest BCUT2D eigenvalue weighted by Crippen LogP contribution is -2.55. The van der Waals surface area contributed by atoms with Crippen LogP contribution in [0.1, 0.15) is 54.8 Å². The van der Waals surface area contributed by atoms with Crippen LogP contribution in [0.15, 0.2) is 12.1 Å². The van der Waals surface area contributed by atoms with Crippen molar-refractivity contribution in [2.24, 2.45) is 0 Å². The highest BCUT2D eigenvalue weighted by Gasteiger charge is 2.38. The van der Waals surface area contributed by atoms with Gasteiger partial charge in [-0.3, -0.25) is 9.36 Å². The Hall–Kier alpha value is -2.58. The third kappa shape index (κ3) is 3.99. The maximum absolute atomic E-state index is 13.7. The highest BCUT2D eigenvalue weighted by atomic mass is 16.6. The molecular weight excluding hydrogens is 422 g/mol. The summed E-state index contributed by atoms with van der Waals surface area (Å²) in [6.45, 7) is 8.95. The zero-order valence-corrected chi connectivity index (χ0v) is 20.0. The Morgan fingerprint density at radius 3 is 2.91 bits per heavy atom. The van der Waals surface area contributed by atoms with Crippen LogP contribution in [-0.2, 0) is 28.7 Å². The van der Waals surface area contributed by atoms with Crippen molar-refractivity contribution in [3.8, 4) is 17.2 Å². The number of ether oxygens (including phenoxy) is 4. The molecule has 3 aliphatic heterocycles. The van der Waals surface area contributed by atoms with Crippen LogP contribution in [0.25, 0.3) is 5.69 Å². The van der Waals surface area contributed by atoms with Gasteiger partial charge < -0.3 is 23.8 Å². The molecule has 0 bridgehead atoms. The van der Waals surface area contributed by atoms with Crippen LogP contribution in [0, 0.1) is 0 Å². The molecule has 1 aromatic heterocycles. The molecule has 1 fully saturated rings. The number of fused-ring (bicyclic) bond motifs is 4. The van der Waals surface area contributed by atoms with Gasteiger partial charge in [-0.05, 0) is 51.7 Å². The average Bonchev–Trinajstić information content (AvgIpc) is 3.16. The molecule has 5 rings (SSSR count). The van der Waals surface area contributed by atoms with Crippen LogP contribution in [0.3, 0.4) is 0 Å². The highest BCUT2D eigenvalue weighted by molar-refractivity contribution is 5.94. The van der Waals surface area contributed by atoms with E-state index in [0.29, 0.717) is 38.7 Å². The molecule has 1 saturated heterocycles. The zero-order chi connectivity index (χ0) is 23.2. The van der Waals surface area contributed by atoms with E-state index in [-0.39, 0.29) is 17.6 Å². The SMILES string of the molecule is COCCCc1nc(C(=O)N2CCOCC2(C)C)c2n1-c1cc3c(cc1CC2)OCC(C)O3. The van der Waals surface area contributed by atoms with E-state index in [0.717, 1.165) is 54.4 Å². The summed E-state index contributed by atoms with van der Waals surface area (Å²) in [5.41, 5.74) is 3.40. The zero-order valence-electron chi connectivity index (χ0n) is 20.0. The fraction of sp³-hybridized carbons (Fsp3) is 0.600. The van der Waals surface area contributed by atoms with E-state index in [9.17, 15) is 4.79 Å². The lowest BCUT2D eigenvalue weighted by molar-refractivity contribution is -0.0373. The Morgan fingerprint density at radius 2 is 2.12 bits per heavy atom. The number of hydrogen-bond acceptors (Lipinski definition) is 6. The van der Waals surface area contributed by atoms with Crippen LogP contribution in [0.2, 0.25) is 0 Å². The van der Waals surface area contributed by atoms with Gasteiger partial charge in [-0.25, -0.2) is 4.98 Å².